The van der Waals surface area contributed by atoms with Crippen LogP contribution in [-0.4, -0.2) is 4.98 Å². The molecule has 0 fully saturated rings. The SMILES string of the molecule is Sc1ccccc1Oc1c[n+](Cc2ccccc2)ccn1. The summed E-state index contributed by atoms with van der Waals surface area (Å²) in [4.78, 5) is 5.03. The molecule has 1 heterocycles. The first-order chi connectivity index (χ1) is 10.3. The Balaban J connectivity index is 1.79. The van der Waals surface area contributed by atoms with Crippen LogP contribution in [0.15, 0.2) is 78.1 Å². The molecular formula is C17H15N2OS+. The van der Waals surface area contributed by atoms with Crippen LogP contribution in [0.25, 0.3) is 0 Å². The second-order valence-corrected chi connectivity index (χ2v) is 5.10. The fourth-order valence-electron chi connectivity index (χ4n) is 2.01. The molecule has 0 unspecified atom stereocenters. The maximum absolute atomic E-state index is 5.78. The average molecular weight is 295 g/mol. The lowest BCUT2D eigenvalue weighted by molar-refractivity contribution is -0.689. The second-order valence-electron chi connectivity index (χ2n) is 4.62. The van der Waals surface area contributed by atoms with Crippen molar-refractivity contribution in [3.63, 3.8) is 0 Å². The van der Waals surface area contributed by atoms with E-state index in [1.165, 1.54) is 5.56 Å². The largest absolute Gasteiger partial charge is 0.433 e. The van der Waals surface area contributed by atoms with Crippen LogP contribution in [0.5, 0.6) is 11.6 Å². The summed E-state index contributed by atoms with van der Waals surface area (Å²) in [5.74, 6) is 1.25. The molecule has 3 aromatic rings. The summed E-state index contributed by atoms with van der Waals surface area (Å²) in [5, 5.41) is 0. The summed E-state index contributed by atoms with van der Waals surface area (Å²) in [5.41, 5.74) is 1.23. The monoisotopic (exact) mass is 295 g/mol. The fraction of sp³-hybridized carbons (Fsp3) is 0.0588. The Hall–Kier alpha value is -2.33. The highest BCUT2D eigenvalue weighted by molar-refractivity contribution is 7.80. The van der Waals surface area contributed by atoms with Crippen molar-refractivity contribution in [3.05, 3.63) is 78.8 Å². The third-order valence-electron chi connectivity index (χ3n) is 3.02. The van der Waals surface area contributed by atoms with Gasteiger partial charge in [0.25, 0.3) is 5.88 Å². The highest BCUT2D eigenvalue weighted by Crippen LogP contribution is 2.25. The first-order valence-corrected chi connectivity index (χ1v) is 7.11. The quantitative estimate of drug-likeness (QED) is 0.589. The maximum atomic E-state index is 5.78. The van der Waals surface area contributed by atoms with Gasteiger partial charge in [0.1, 0.15) is 5.75 Å². The summed E-state index contributed by atoms with van der Waals surface area (Å²) >= 11 is 4.37. The van der Waals surface area contributed by atoms with Gasteiger partial charge >= 0.3 is 0 Å². The van der Waals surface area contributed by atoms with Crippen LogP contribution < -0.4 is 9.30 Å². The molecule has 0 amide bonds. The molecule has 0 radical (unpaired) electrons. The lowest BCUT2D eigenvalue weighted by Gasteiger charge is -2.05. The summed E-state index contributed by atoms with van der Waals surface area (Å²) < 4.78 is 7.82. The number of nitrogens with zero attached hydrogens (tertiary/aromatic N) is 2. The molecule has 0 N–H and O–H groups in total. The van der Waals surface area contributed by atoms with E-state index in [-0.39, 0.29) is 0 Å². The minimum absolute atomic E-state index is 0.551. The number of benzene rings is 2. The Bertz CT molecular complexity index is 732. The molecule has 0 saturated heterocycles. The van der Waals surface area contributed by atoms with Gasteiger partial charge in [-0.2, -0.15) is 4.57 Å². The minimum atomic E-state index is 0.551. The van der Waals surface area contributed by atoms with Crippen molar-refractivity contribution in [2.45, 2.75) is 11.4 Å². The molecule has 0 atom stereocenters. The third-order valence-corrected chi connectivity index (χ3v) is 3.39. The van der Waals surface area contributed by atoms with Crippen LogP contribution in [0.1, 0.15) is 5.56 Å². The zero-order valence-corrected chi connectivity index (χ0v) is 12.3. The Kier molecular flexibility index (Phi) is 4.17. The van der Waals surface area contributed by atoms with Crippen LogP contribution in [0.2, 0.25) is 0 Å². The van der Waals surface area contributed by atoms with Crippen LogP contribution >= 0.6 is 12.6 Å². The van der Waals surface area contributed by atoms with Gasteiger partial charge in [-0.25, -0.2) is 4.98 Å². The van der Waals surface area contributed by atoms with Gasteiger partial charge in [0, 0.05) is 10.5 Å². The van der Waals surface area contributed by atoms with E-state index in [0.717, 1.165) is 11.4 Å². The van der Waals surface area contributed by atoms with Crippen LogP contribution in [0, 0.1) is 0 Å². The number of para-hydroxylation sites is 1. The van der Waals surface area contributed by atoms with Gasteiger partial charge in [-0.05, 0) is 12.1 Å². The summed E-state index contributed by atoms with van der Waals surface area (Å²) in [7, 11) is 0. The van der Waals surface area contributed by atoms with Crippen molar-refractivity contribution in [2.75, 3.05) is 0 Å². The Morgan fingerprint density at radius 1 is 1.00 bits per heavy atom. The highest BCUT2D eigenvalue weighted by atomic mass is 32.1. The number of hydrogen-bond donors (Lipinski definition) is 1. The number of aromatic nitrogens is 2. The van der Waals surface area contributed by atoms with Crippen LogP contribution in [0.4, 0.5) is 0 Å². The molecule has 104 valence electrons. The number of thiol groups is 1. The molecule has 21 heavy (non-hydrogen) atoms. The van der Waals surface area contributed by atoms with Gasteiger partial charge in [-0.3, -0.25) is 0 Å². The van der Waals surface area contributed by atoms with Crippen LogP contribution in [0.3, 0.4) is 0 Å². The molecule has 0 aliphatic rings. The van der Waals surface area contributed by atoms with Gasteiger partial charge in [-0.15, -0.1) is 12.6 Å². The molecule has 4 heteroatoms. The first-order valence-electron chi connectivity index (χ1n) is 6.66. The zero-order valence-electron chi connectivity index (χ0n) is 11.4. The van der Waals surface area contributed by atoms with Gasteiger partial charge < -0.3 is 4.74 Å². The lowest BCUT2D eigenvalue weighted by atomic mass is 10.2. The van der Waals surface area contributed by atoms with Crippen LogP contribution in [-0.2, 0) is 6.54 Å². The third kappa shape index (κ3) is 3.61. The van der Waals surface area contributed by atoms with E-state index in [1.54, 1.807) is 6.20 Å². The standard InChI is InChI=1S/C17H14N2OS/c21-16-9-5-4-8-15(16)20-17-13-19(11-10-18-17)12-14-6-2-1-3-7-14/h1-11,13H,12H2/p+1. The molecular weight excluding hydrogens is 280 g/mol. The smallest absolute Gasteiger partial charge is 0.285 e. The lowest BCUT2D eigenvalue weighted by Crippen LogP contribution is -2.33. The van der Waals surface area contributed by atoms with Gasteiger partial charge in [0.05, 0.1) is 6.20 Å². The van der Waals surface area contributed by atoms with E-state index in [2.05, 4.69) is 29.7 Å². The van der Waals surface area contributed by atoms with Crippen molar-refractivity contribution in [1.29, 1.82) is 0 Å². The first kappa shape index (κ1) is 13.6. The van der Waals surface area contributed by atoms with E-state index >= 15 is 0 Å². The summed E-state index contributed by atoms with van der Waals surface area (Å²) in [6.45, 7) is 0.780. The highest BCUT2D eigenvalue weighted by Gasteiger charge is 2.08. The summed E-state index contributed by atoms with van der Waals surface area (Å²) in [6.07, 6.45) is 5.54. The van der Waals surface area contributed by atoms with Gasteiger partial charge in [0.2, 0.25) is 6.20 Å². The number of hydrogen-bond acceptors (Lipinski definition) is 3. The van der Waals surface area contributed by atoms with E-state index in [9.17, 15) is 0 Å². The molecule has 0 spiro atoms. The molecule has 1 aromatic heterocycles. The molecule has 2 aromatic carbocycles. The Morgan fingerprint density at radius 2 is 1.76 bits per heavy atom. The molecule has 3 nitrogen and oxygen atoms in total. The van der Waals surface area contributed by atoms with Crippen molar-refractivity contribution in [1.82, 2.24) is 4.98 Å². The molecule has 3 rings (SSSR count). The Morgan fingerprint density at radius 3 is 2.57 bits per heavy atom. The predicted molar refractivity (Wildman–Crippen MR) is 83.7 cm³/mol. The van der Waals surface area contributed by atoms with Crippen molar-refractivity contribution < 1.29 is 9.30 Å². The molecule has 0 aliphatic carbocycles. The van der Waals surface area contributed by atoms with Crippen molar-refractivity contribution in [3.8, 4) is 11.6 Å². The zero-order chi connectivity index (χ0) is 14.5. The van der Waals surface area contributed by atoms with Crippen molar-refractivity contribution in [2.24, 2.45) is 0 Å². The molecule has 0 bridgehead atoms. The van der Waals surface area contributed by atoms with E-state index in [0.29, 0.717) is 11.6 Å². The maximum Gasteiger partial charge on any atom is 0.285 e. The number of ether oxygens (including phenoxy) is 1. The average Bonchev–Trinajstić information content (AvgIpc) is 2.51. The second kappa shape index (κ2) is 6.41. The normalized spacial score (nSPS) is 10.3. The van der Waals surface area contributed by atoms with Gasteiger partial charge in [0.15, 0.2) is 12.7 Å². The van der Waals surface area contributed by atoms with E-state index < -0.39 is 0 Å². The number of rotatable bonds is 4. The summed E-state index contributed by atoms with van der Waals surface area (Å²) in [6, 6.07) is 17.9. The van der Waals surface area contributed by atoms with E-state index in [4.69, 9.17) is 4.74 Å². The Labute approximate surface area is 129 Å². The topological polar surface area (TPSA) is 26.0 Å². The molecule has 0 aliphatic heterocycles. The molecule has 0 saturated carbocycles. The van der Waals surface area contributed by atoms with Gasteiger partial charge in [-0.1, -0.05) is 42.5 Å². The minimum Gasteiger partial charge on any atom is -0.433 e. The predicted octanol–water partition coefficient (Wildman–Crippen LogP) is 3.50. The van der Waals surface area contributed by atoms with Crippen molar-refractivity contribution >= 4 is 12.6 Å². The fourth-order valence-corrected chi connectivity index (χ4v) is 2.22. The van der Waals surface area contributed by atoms with E-state index in [1.807, 2.05) is 59.4 Å².